The molecular weight excluding hydrogens is 308 g/mol. The zero-order chi connectivity index (χ0) is 16.7. The van der Waals surface area contributed by atoms with Crippen LogP contribution in [-0.2, 0) is 20.3 Å². The number of allylic oxidation sites excluding steroid dienone is 4. The Labute approximate surface area is 138 Å². The second-order valence-corrected chi connectivity index (χ2v) is 13.0. The Hall–Kier alpha value is -1.12. The third-order valence-electron chi connectivity index (χ3n) is 5.02. The van der Waals surface area contributed by atoms with E-state index in [-0.39, 0.29) is 11.4 Å². The Morgan fingerprint density at radius 3 is 2.00 bits per heavy atom. The van der Waals surface area contributed by atoms with Gasteiger partial charge >= 0.3 is 138 Å². The van der Waals surface area contributed by atoms with Gasteiger partial charge in [0.25, 0.3) is 0 Å². The van der Waals surface area contributed by atoms with Gasteiger partial charge in [-0.3, -0.25) is 0 Å². The van der Waals surface area contributed by atoms with Crippen molar-refractivity contribution in [1.82, 2.24) is 0 Å². The molecule has 3 heteroatoms. The van der Waals surface area contributed by atoms with E-state index < -0.39 is 17.0 Å². The van der Waals surface area contributed by atoms with E-state index in [0.29, 0.717) is 5.56 Å². The summed E-state index contributed by atoms with van der Waals surface area (Å²) in [4.78, 5) is 12.5. The SMILES string of the molecule is CC1=C(C)C(C)(C)[C]([Ti]([CH3])([CH3])[O]C(=O)c2ccccc2)=C1C. The van der Waals surface area contributed by atoms with Crippen LogP contribution in [0.4, 0.5) is 0 Å². The van der Waals surface area contributed by atoms with Crippen LogP contribution in [0.2, 0.25) is 10.5 Å². The van der Waals surface area contributed by atoms with Crippen molar-refractivity contribution in [2.75, 3.05) is 0 Å². The molecule has 118 valence electrons. The van der Waals surface area contributed by atoms with Crippen molar-refractivity contribution >= 4 is 5.97 Å². The van der Waals surface area contributed by atoms with Gasteiger partial charge in [-0.1, -0.05) is 0 Å². The average molecular weight is 334 g/mol. The van der Waals surface area contributed by atoms with Gasteiger partial charge < -0.3 is 0 Å². The van der Waals surface area contributed by atoms with Crippen LogP contribution in [0.25, 0.3) is 0 Å². The average Bonchev–Trinajstić information content (AvgIpc) is 2.60. The Bertz CT molecular complexity index is 664. The summed E-state index contributed by atoms with van der Waals surface area (Å²) in [6.45, 7) is 11.0. The molecule has 22 heavy (non-hydrogen) atoms. The van der Waals surface area contributed by atoms with Gasteiger partial charge in [0.2, 0.25) is 0 Å². The Balaban J connectivity index is 2.34. The molecule has 0 N–H and O–H groups in total. The molecule has 0 radical (unpaired) electrons. The number of hydrogen-bond donors (Lipinski definition) is 0. The third kappa shape index (κ3) is 2.87. The number of benzene rings is 1. The van der Waals surface area contributed by atoms with Crippen molar-refractivity contribution in [1.29, 1.82) is 0 Å². The molecule has 0 aliphatic heterocycles. The molecule has 0 atom stereocenters. The molecule has 0 heterocycles. The molecule has 1 aromatic carbocycles. The Morgan fingerprint density at radius 1 is 1.00 bits per heavy atom. The van der Waals surface area contributed by atoms with Gasteiger partial charge in [-0.2, -0.15) is 0 Å². The summed E-state index contributed by atoms with van der Waals surface area (Å²) >= 11 is -2.89. The van der Waals surface area contributed by atoms with Crippen LogP contribution in [0, 0.1) is 5.41 Å². The number of rotatable bonds is 3. The predicted molar refractivity (Wildman–Crippen MR) is 88.4 cm³/mol. The predicted octanol–water partition coefficient (Wildman–Crippen LogP) is 5.66. The fraction of sp³-hybridized carbons (Fsp3) is 0.421. The molecule has 0 aromatic heterocycles. The van der Waals surface area contributed by atoms with Gasteiger partial charge in [0.05, 0.1) is 0 Å². The first-order valence-corrected chi connectivity index (χ1v) is 12.3. The second-order valence-electron chi connectivity index (χ2n) is 7.14. The van der Waals surface area contributed by atoms with E-state index in [1.54, 1.807) is 0 Å². The molecule has 0 bridgehead atoms. The molecule has 1 aromatic rings. The van der Waals surface area contributed by atoms with E-state index in [1.807, 2.05) is 30.3 Å². The van der Waals surface area contributed by atoms with Gasteiger partial charge in [0.1, 0.15) is 0 Å². The van der Waals surface area contributed by atoms with Crippen LogP contribution < -0.4 is 0 Å². The van der Waals surface area contributed by atoms with E-state index in [9.17, 15) is 4.79 Å². The van der Waals surface area contributed by atoms with Crippen molar-refractivity contribution in [3.63, 3.8) is 0 Å². The summed E-state index contributed by atoms with van der Waals surface area (Å²) in [7, 11) is 0. The molecule has 0 spiro atoms. The fourth-order valence-electron chi connectivity index (χ4n) is 3.71. The molecule has 1 aliphatic carbocycles. The fourth-order valence-corrected chi connectivity index (χ4v) is 9.13. The van der Waals surface area contributed by atoms with Crippen LogP contribution in [0.5, 0.6) is 0 Å². The number of hydrogen-bond acceptors (Lipinski definition) is 2. The van der Waals surface area contributed by atoms with Crippen LogP contribution in [-0.4, -0.2) is 5.97 Å². The number of carbonyl (C=O) groups excluding carboxylic acids is 1. The van der Waals surface area contributed by atoms with Gasteiger partial charge in [0.15, 0.2) is 0 Å². The van der Waals surface area contributed by atoms with E-state index in [2.05, 4.69) is 45.1 Å². The van der Waals surface area contributed by atoms with Crippen LogP contribution in [0.15, 0.2) is 50.9 Å². The second kappa shape index (κ2) is 5.83. The summed E-state index contributed by atoms with van der Waals surface area (Å²) in [5.41, 5.74) is 4.71. The van der Waals surface area contributed by atoms with Crippen LogP contribution >= 0.6 is 0 Å². The van der Waals surface area contributed by atoms with E-state index in [0.717, 1.165) is 0 Å². The molecule has 1 aliphatic rings. The molecule has 0 saturated heterocycles. The van der Waals surface area contributed by atoms with Crippen molar-refractivity contribution in [2.45, 2.75) is 45.1 Å². The van der Waals surface area contributed by atoms with Crippen LogP contribution in [0.3, 0.4) is 0 Å². The van der Waals surface area contributed by atoms with E-state index >= 15 is 0 Å². The molecule has 2 rings (SSSR count). The van der Waals surface area contributed by atoms with Crippen molar-refractivity contribution in [3.05, 3.63) is 56.5 Å². The molecule has 0 fully saturated rings. The first-order chi connectivity index (χ1) is 10.1. The molecule has 0 unspecified atom stereocenters. The van der Waals surface area contributed by atoms with Gasteiger partial charge in [-0.15, -0.1) is 0 Å². The maximum atomic E-state index is 12.5. The standard InChI is InChI=1S/C10H15.C7H6O2.2CH3.Ti/c1-7-6-10(4,5)9(3)8(7)2;8-7(9)6-4-2-1-3-5-6;;;/h1-5H3;1-5H,(H,8,9);2*1H3;/q;;;;+1/p-1. The first kappa shape index (κ1) is 17.2. The molecular formula is C19H26O2Ti. The summed E-state index contributed by atoms with van der Waals surface area (Å²) in [5, 5.41) is 4.35. The van der Waals surface area contributed by atoms with Crippen molar-refractivity contribution in [2.24, 2.45) is 5.41 Å². The topological polar surface area (TPSA) is 26.3 Å². The summed E-state index contributed by atoms with van der Waals surface area (Å²) in [6.07, 6.45) is 0. The van der Waals surface area contributed by atoms with Crippen molar-refractivity contribution in [3.8, 4) is 0 Å². The first-order valence-electron chi connectivity index (χ1n) is 7.77. The van der Waals surface area contributed by atoms with Gasteiger partial charge in [-0.05, 0) is 0 Å². The minimum absolute atomic E-state index is 0.00532. The van der Waals surface area contributed by atoms with E-state index in [4.69, 9.17) is 3.32 Å². The summed E-state index contributed by atoms with van der Waals surface area (Å²) in [6, 6.07) is 9.28. The monoisotopic (exact) mass is 334 g/mol. The van der Waals surface area contributed by atoms with Crippen molar-refractivity contribution < 1.29 is 25.1 Å². The quantitative estimate of drug-likeness (QED) is 0.667. The van der Waals surface area contributed by atoms with Gasteiger partial charge in [0, 0.05) is 0 Å². The minimum atomic E-state index is -2.89. The zero-order valence-electron chi connectivity index (χ0n) is 14.7. The zero-order valence-corrected chi connectivity index (χ0v) is 16.3. The summed E-state index contributed by atoms with van der Waals surface area (Å²) in [5.74, 6) is -0.191. The summed E-state index contributed by atoms with van der Waals surface area (Å²) < 4.78 is 7.46. The maximum absolute atomic E-state index is 12.5. The molecule has 0 saturated carbocycles. The van der Waals surface area contributed by atoms with Gasteiger partial charge in [-0.25, -0.2) is 0 Å². The molecule has 0 amide bonds. The number of carbonyl (C=O) groups is 1. The Kier molecular flexibility index (Phi) is 4.57. The third-order valence-corrected chi connectivity index (χ3v) is 9.55. The van der Waals surface area contributed by atoms with Crippen LogP contribution in [0.1, 0.15) is 45.0 Å². The normalized spacial score (nSPS) is 18.0. The Morgan fingerprint density at radius 2 is 1.55 bits per heavy atom. The van der Waals surface area contributed by atoms with E-state index in [1.165, 1.54) is 20.6 Å². The molecule has 2 nitrogen and oxygen atoms in total.